The smallest absolute Gasteiger partial charge is 0.376 e. The van der Waals surface area contributed by atoms with Crippen molar-refractivity contribution in [2.45, 2.75) is 6.18 Å². The van der Waals surface area contributed by atoms with Gasteiger partial charge in [-0.2, -0.15) is 13.2 Å². The Bertz CT molecular complexity index is 639. The molecule has 0 aliphatic heterocycles. The Labute approximate surface area is 130 Å². The lowest BCUT2D eigenvalue weighted by Gasteiger charge is -2.10. The Kier molecular flexibility index (Phi) is 4.92. The highest BCUT2D eigenvalue weighted by molar-refractivity contribution is 6.30. The Morgan fingerprint density at radius 2 is 1.50 bits per heavy atom. The molecule has 2 aromatic rings. The molecule has 0 saturated heterocycles. The van der Waals surface area contributed by atoms with Gasteiger partial charge in [-0.05, 0) is 48.5 Å². The second-order valence-corrected chi connectivity index (χ2v) is 4.92. The number of nitrogens with one attached hydrogen (secondary N) is 2. The zero-order valence-corrected chi connectivity index (χ0v) is 12.0. The molecule has 7 heteroatoms. The average Bonchev–Trinajstić information content (AvgIpc) is 2.46. The van der Waals surface area contributed by atoms with Crippen LogP contribution in [-0.2, 0) is 11.0 Å². The number of carbonyl (C=O) groups is 1. The van der Waals surface area contributed by atoms with Gasteiger partial charge < -0.3 is 10.6 Å². The van der Waals surface area contributed by atoms with Crippen LogP contribution in [0.1, 0.15) is 5.56 Å². The summed E-state index contributed by atoms with van der Waals surface area (Å²) in [4.78, 5) is 11.7. The van der Waals surface area contributed by atoms with Gasteiger partial charge >= 0.3 is 6.18 Å². The summed E-state index contributed by atoms with van der Waals surface area (Å²) in [6.07, 6.45) is -4.39. The van der Waals surface area contributed by atoms with Crippen molar-refractivity contribution in [2.75, 3.05) is 17.2 Å². The number of rotatable bonds is 4. The summed E-state index contributed by atoms with van der Waals surface area (Å²) in [5, 5.41) is 5.97. The Morgan fingerprint density at radius 1 is 0.955 bits per heavy atom. The fourth-order valence-corrected chi connectivity index (χ4v) is 1.82. The van der Waals surface area contributed by atoms with Crippen LogP contribution >= 0.6 is 11.6 Å². The monoisotopic (exact) mass is 328 g/mol. The van der Waals surface area contributed by atoms with Gasteiger partial charge in [0.05, 0.1) is 12.1 Å². The molecule has 0 radical (unpaired) electrons. The Morgan fingerprint density at radius 3 is 2.05 bits per heavy atom. The molecule has 2 rings (SSSR count). The maximum atomic E-state index is 12.4. The van der Waals surface area contributed by atoms with Crippen molar-refractivity contribution in [1.29, 1.82) is 0 Å². The zero-order chi connectivity index (χ0) is 16.2. The van der Waals surface area contributed by atoms with Crippen LogP contribution in [0, 0.1) is 0 Å². The van der Waals surface area contributed by atoms with Crippen molar-refractivity contribution in [2.24, 2.45) is 0 Å². The lowest BCUT2D eigenvalue weighted by atomic mass is 10.2. The lowest BCUT2D eigenvalue weighted by Crippen LogP contribution is -2.21. The normalized spacial score (nSPS) is 11.1. The molecule has 0 bridgehead atoms. The molecule has 0 heterocycles. The van der Waals surface area contributed by atoms with Crippen LogP contribution in [0.2, 0.25) is 5.02 Å². The van der Waals surface area contributed by atoms with E-state index in [4.69, 9.17) is 11.6 Å². The van der Waals surface area contributed by atoms with Crippen LogP contribution in [0.4, 0.5) is 24.5 Å². The molecule has 22 heavy (non-hydrogen) atoms. The number of benzene rings is 2. The maximum Gasteiger partial charge on any atom is 0.416 e. The molecule has 0 aliphatic rings. The standard InChI is InChI=1S/C15H12ClF3N2O/c16-11-3-7-12(8-4-11)20-9-14(22)21-13-5-1-10(2-6-13)15(17,18)19/h1-8,20H,9H2,(H,21,22). The molecule has 0 unspecified atom stereocenters. The van der Waals surface area contributed by atoms with E-state index in [0.29, 0.717) is 16.4 Å². The summed E-state index contributed by atoms with van der Waals surface area (Å²) in [6, 6.07) is 11.0. The number of carbonyl (C=O) groups excluding carboxylic acids is 1. The Balaban J connectivity index is 1.88. The van der Waals surface area contributed by atoms with E-state index < -0.39 is 11.7 Å². The van der Waals surface area contributed by atoms with Crippen molar-refractivity contribution < 1.29 is 18.0 Å². The van der Waals surface area contributed by atoms with E-state index in [9.17, 15) is 18.0 Å². The molecule has 2 aromatic carbocycles. The summed E-state index contributed by atoms with van der Waals surface area (Å²) in [7, 11) is 0. The van der Waals surface area contributed by atoms with Gasteiger partial charge in [0.2, 0.25) is 5.91 Å². The minimum Gasteiger partial charge on any atom is -0.376 e. The van der Waals surface area contributed by atoms with E-state index >= 15 is 0 Å². The molecular weight excluding hydrogens is 317 g/mol. The van der Waals surface area contributed by atoms with Crippen LogP contribution in [0.25, 0.3) is 0 Å². The topological polar surface area (TPSA) is 41.1 Å². The second kappa shape index (κ2) is 6.70. The molecule has 116 valence electrons. The van der Waals surface area contributed by atoms with Gasteiger partial charge in [-0.25, -0.2) is 0 Å². The number of hydrogen-bond acceptors (Lipinski definition) is 2. The molecule has 1 amide bonds. The van der Waals surface area contributed by atoms with Gasteiger partial charge in [0.25, 0.3) is 0 Å². The second-order valence-electron chi connectivity index (χ2n) is 4.48. The quantitative estimate of drug-likeness (QED) is 0.873. The molecule has 0 saturated carbocycles. The van der Waals surface area contributed by atoms with Crippen LogP contribution in [0.5, 0.6) is 0 Å². The highest BCUT2D eigenvalue weighted by Crippen LogP contribution is 2.29. The van der Waals surface area contributed by atoms with Crippen molar-refractivity contribution >= 4 is 28.9 Å². The summed E-state index contributed by atoms with van der Waals surface area (Å²) < 4.78 is 37.2. The predicted octanol–water partition coefficient (Wildman–Crippen LogP) is 4.41. The third kappa shape index (κ3) is 4.66. The van der Waals surface area contributed by atoms with E-state index in [1.807, 2.05) is 0 Å². The number of amides is 1. The molecule has 0 atom stereocenters. The molecule has 0 spiro atoms. The Hall–Kier alpha value is -2.21. The third-order valence-corrected chi connectivity index (χ3v) is 3.05. The van der Waals surface area contributed by atoms with Gasteiger partial charge in [0.1, 0.15) is 0 Å². The predicted molar refractivity (Wildman–Crippen MR) is 80.0 cm³/mol. The highest BCUT2D eigenvalue weighted by atomic mass is 35.5. The molecule has 3 nitrogen and oxygen atoms in total. The largest absolute Gasteiger partial charge is 0.416 e. The van der Waals surface area contributed by atoms with Crippen LogP contribution in [-0.4, -0.2) is 12.5 Å². The van der Waals surface area contributed by atoms with Gasteiger partial charge in [-0.15, -0.1) is 0 Å². The van der Waals surface area contributed by atoms with Gasteiger partial charge in [-0.3, -0.25) is 4.79 Å². The third-order valence-electron chi connectivity index (χ3n) is 2.79. The van der Waals surface area contributed by atoms with E-state index in [0.717, 1.165) is 12.1 Å². The first-order valence-electron chi connectivity index (χ1n) is 6.31. The number of hydrogen-bond donors (Lipinski definition) is 2. The van der Waals surface area contributed by atoms with E-state index in [-0.39, 0.29) is 12.5 Å². The minimum absolute atomic E-state index is 0.0113. The first kappa shape index (κ1) is 16.2. The van der Waals surface area contributed by atoms with Crippen LogP contribution in [0.15, 0.2) is 48.5 Å². The molecule has 2 N–H and O–H groups in total. The summed E-state index contributed by atoms with van der Waals surface area (Å²) in [5.41, 5.74) is 0.257. The number of alkyl halides is 3. The van der Waals surface area contributed by atoms with E-state index in [1.165, 1.54) is 12.1 Å². The highest BCUT2D eigenvalue weighted by Gasteiger charge is 2.29. The lowest BCUT2D eigenvalue weighted by molar-refractivity contribution is -0.137. The van der Waals surface area contributed by atoms with Crippen molar-refractivity contribution in [3.63, 3.8) is 0 Å². The van der Waals surface area contributed by atoms with Gasteiger partial charge in [-0.1, -0.05) is 11.6 Å². The summed E-state index contributed by atoms with van der Waals surface area (Å²) in [6.45, 7) is -0.0113. The molecule has 0 fully saturated rings. The molecule has 0 aliphatic carbocycles. The van der Waals surface area contributed by atoms with E-state index in [1.54, 1.807) is 24.3 Å². The van der Waals surface area contributed by atoms with Crippen molar-refractivity contribution in [3.8, 4) is 0 Å². The summed E-state index contributed by atoms with van der Waals surface area (Å²) >= 11 is 5.74. The van der Waals surface area contributed by atoms with Crippen molar-refractivity contribution in [3.05, 3.63) is 59.1 Å². The first-order chi connectivity index (χ1) is 10.3. The van der Waals surface area contributed by atoms with Crippen LogP contribution in [0.3, 0.4) is 0 Å². The SMILES string of the molecule is O=C(CNc1ccc(Cl)cc1)Nc1ccc(C(F)(F)F)cc1. The summed E-state index contributed by atoms with van der Waals surface area (Å²) in [5.74, 6) is -0.366. The molecule has 0 aromatic heterocycles. The zero-order valence-electron chi connectivity index (χ0n) is 11.2. The van der Waals surface area contributed by atoms with Gasteiger partial charge in [0.15, 0.2) is 0 Å². The number of halogens is 4. The van der Waals surface area contributed by atoms with Crippen molar-refractivity contribution in [1.82, 2.24) is 0 Å². The number of anilines is 2. The van der Waals surface area contributed by atoms with Crippen LogP contribution < -0.4 is 10.6 Å². The maximum absolute atomic E-state index is 12.4. The van der Waals surface area contributed by atoms with E-state index in [2.05, 4.69) is 10.6 Å². The van der Waals surface area contributed by atoms with Gasteiger partial charge in [0, 0.05) is 16.4 Å². The fraction of sp³-hybridized carbons (Fsp3) is 0.133. The molecular formula is C15H12ClF3N2O. The first-order valence-corrected chi connectivity index (χ1v) is 6.69. The fourth-order valence-electron chi connectivity index (χ4n) is 1.70. The average molecular weight is 329 g/mol. The minimum atomic E-state index is -4.39.